The summed E-state index contributed by atoms with van der Waals surface area (Å²) in [7, 11) is 0. The second-order valence-electron chi connectivity index (χ2n) is 4.91. The Hall–Kier alpha value is -2.10. The molecule has 1 fully saturated rings. The fourth-order valence-corrected chi connectivity index (χ4v) is 2.62. The van der Waals surface area contributed by atoms with E-state index in [1.165, 1.54) is 10.9 Å². The van der Waals surface area contributed by atoms with Crippen molar-refractivity contribution in [2.45, 2.75) is 24.6 Å². The number of imidazole rings is 2. The molecule has 3 aromatic rings. The van der Waals surface area contributed by atoms with E-state index in [9.17, 15) is 9.50 Å². The van der Waals surface area contributed by atoms with Gasteiger partial charge in [0, 0.05) is 12.4 Å². The molecular weight excluding hydrogens is 281 g/mol. The number of aliphatic hydroxyl groups excluding tert-OH is 2. The predicted octanol–water partition coefficient (Wildman–Crippen LogP) is -0.332. The third kappa shape index (κ3) is 1.68. The Labute approximate surface area is 117 Å². The maximum absolute atomic E-state index is 13.8. The fourth-order valence-electron chi connectivity index (χ4n) is 2.62. The van der Waals surface area contributed by atoms with Crippen LogP contribution in [0.4, 0.5) is 4.39 Å². The smallest absolute Gasteiger partial charge is 0.167 e. The first kappa shape index (κ1) is 12.6. The van der Waals surface area contributed by atoms with Crippen molar-refractivity contribution in [1.29, 1.82) is 0 Å². The molecule has 2 N–H and O–H groups in total. The lowest BCUT2D eigenvalue weighted by atomic mass is 10.1. The number of hydrogen-bond acceptors (Lipinski definition) is 6. The van der Waals surface area contributed by atoms with Gasteiger partial charge in [-0.2, -0.15) is 0 Å². The number of hydrogen-bond donors (Lipinski definition) is 2. The van der Waals surface area contributed by atoms with Gasteiger partial charge in [-0.3, -0.25) is 8.97 Å². The normalized spacial score (nSPS) is 29.7. The minimum absolute atomic E-state index is 0.434. The topological polar surface area (TPSA) is 97.7 Å². The molecule has 0 spiro atoms. The Balaban J connectivity index is 1.84. The van der Waals surface area contributed by atoms with E-state index in [-0.39, 0.29) is 0 Å². The summed E-state index contributed by atoms with van der Waals surface area (Å²) in [6.45, 7) is -0.501. The van der Waals surface area contributed by atoms with Gasteiger partial charge in [0.05, 0.1) is 12.9 Å². The molecule has 0 saturated carbocycles. The molecule has 110 valence electrons. The summed E-state index contributed by atoms with van der Waals surface area (Å²) in [5.74, 6) is 0. The molecule has 9 heteroatoms. The zero-order valence-electron chi connectivity index (χ0n) is 10.7. The molecular formula is C12H12FN5O3. The van der Waals surface area contributed by atoms with Gasteiger partial charge in [-0.1, -0.05) is 0 Å². The van der Waals surface area contributed by atoms with Gasteiger partial charge in [-0.25, -0.2) is 19.3 Å². The monoisotopic (exact) mass is 293 g/mol. The number of alkyl halides is 1. The van der Waals surface area contributed by atoms with Crippen LogP contribution in [0.25, 0.3) is 16.8 Å². The molecule has 0 bridgehead atoms. The van der Waals surface area contributed by atoms with Crippen LogP contribution in [0.5, 0.6) is 0 Å². The van der Waals surface area contributed by atoms with E-state index in [2.05, 4.69) is 15.0 Å². The maximum atomic E-state index is 13.8. The first-order valence-electron chi connectivity index (χ1n) is 6.43. The zero-order valence-corrected chi connectivity index (χ0v) is 10.7. The van der Waals surface area contributed by atoms with E-state index in [4.69, 9.17) is 9.84 Å². The van der Waals surface area contributed by atoms with Crippen molar-refractivity contribution in [3.63, 3.8) is 0 Å². The van der Waals surface area contributed by atoms with Gasteiger partial charge in [-0.15, -0.1) is 0 Å². The van der Waals surface area contributed by atoms with Crippen LogP contribution in [0.15, 0.2) is 25.0 Å². The summed E-state index contributed by atoms with van der Waals surface area (Å²) in [6, 6.07) is 0. The van der Waals surface area contributed by atoms with E-state index in [1.807, 2.05) is 0 Å². The second-order valence-corrected chi connectivity index (χ2v) is 4.91. The maximum Gasteiger partial charge on any atom is 0.167 e. The van der Waals surface area contributed by atoms with E-state index >= 15 is 0 Å². The van der Waals surface area contributed by atoms with Gasteiger partial charge >= 0.3 is 0 Å². The van der Waals surface area contributed by atoms with Crippen LogP contribution in [0.3, 0.4) is 0 Å². The third-order valence-electron chi connectivity index (χ3n) is 3.69. The molecule has 0 aliphatic carbocycles. The van der Waals surface area contributed by atoms with Gasteiger partial charge in [-0.05, 0) is 0 Å². The van der Waals surface area contributed by atoms with Gasteiger partial charge in [0.15, 0.2) is 29.2 Å². The van der Waals surface area contributed by atoms with Crippen molar-refractivity contribution in [3.8, 4) is 0 Å². The lowest BCUT2D eigenvalue weighted by molar-refractivity contribution is -0.0495. The van der Waals surface area contributed by atoms with E-state index in [1.54, 1.807) is 23.1 Å². The van der Waals surface area contributed by atoms with Crippen molar-refractivity contribution in [3.05, 3.63) is 25.0 Å². The van der Waals surface area contributed by atoms with E-state index in [0.717, 1.165) is 0 Å². The molecule has 0 unspecified atom stereocenters. The van der Waals surface area contributed by atoms with Crippen LogP contribution in [0.2, 0.25) is 0 Å². The van der Waals surface area contributed by atoms with Crippen LogP contribution in [-0.4, -0.2) is 59.1 Å². The van der Waals surface area contributed by atoms with Crippen molar-refractivity contribution in [2.75, 3.05) is 6.61 Å². The summed E-state index contributed by atoms with van der Waals surface area (Å²) in [6.07, 6.45) is 1.25. The molecule has 0 radical (unpaired) electrons. The molecule has 21 heavy (non-hydrogen) atoms. The van der Waals surface area contributed by atoms with Crippen LogP contribution in [-0.2, 0) is 4.74 Å². The molecule has 1 aliphatic heterocycles. The molecule has 1 aliphatic rings. The lowest BCUT2D eigenvalue weighted by Crippen LogP contribution is -2.29. The van der Waals surface area contributed by atoms with Gasteiger partial charge in [0.25, 0.3) is 0 Å². The minimum atomic E-state index is -1.66. The first-order chi connectivity index (χ1) is 10.2. The number of nitrogens with zero attached hydrogens (tertiary/aromatic N) is 5. The van der Waals surface area contributed by atoms with Gasteiger partial charge in [0.1, 0.15) is 18.5 Å². The number of aromatic nitrogens is 5. The fraction of sp³-hybridized carbons (Fsp3) is 0.417. The molecule has 0 aromatic carbocycles. The lowest BCUT2D eigenvalue weighted by Gasteiger charge is -2.16. The Morgan fingerprint density at radius 1 is 1.24 bits per heavy atom. The Kier molecular flexibility index (Phi) is 2.67. The highest BCUT2D eigenvalue weighted by atomic mass is 19.1. The quantitative estimate of drug-likeness (QED) is 0.671. The molecule has 1 saturated heterocycles. The summed E-state index contributed by atoms with van der Waals surface area (Å²) in [4.78, 5) is 12.6. The van der Waals surface area contributed by atoms with Gasteiger partial charge < -0.3 is 14.9 Å². The number of halogens is 1. The summed E-state index contributed by atoms with van der Waals surface area (Å²) in [5, 5.41) is 19.0. The number of ether oxygens (including phenoxy) is 1. The van der Waals surface area contributed by atoms with Crippen LogP contribution < -0.4 is 0 Å². The molecule has 0 amide bonds. The standard InChI is InChI=1S/C12H12FN5O3/c13-7-6(3-19)21-12(9(7)20)18-5-15-8-10-14-1-2-17(10)4-16-11(8)18/h1-2,4-7,9,12,19-20H,3H2/t6-,7-,9-,12-/m1/s1. The Morgan fingerprint density at radius 2 is 2.10 bits per heavy atom. The Bertz CT molecular complexity index is 802. The zero-order chi connectivity index (χ0) is 14.6. The van der Waals surface area contributed by atoms with E-state index < -0.39 is 31.2 Å². The largest absolute Gasteiger partial charge is 0.394 e. The highest BCUT2D eigenvalue weighted by Gasteiger charge is 2.45. The number of rotatable bonds is 2. The predicted molar refractivity (Wildman–Crippen MR) is 68.2 cm³/mol. The second kappa shape index (κ2) is 4.45. The molecule has 8 nitrogen and oxygen atoms in total. The SMILES string of the molecule is OC[C@H]1O[C@@H](n2cnc3c2ncn2ccnc32)[C@H](O)[C@@H]1F. The number of fused-ring (bicyclic) bond motifs is 3. The highest BCUT2D eigenvalue weighted by molar-refractivity contribution is 5.85. The highest BCUT2D eigenvalue weighted by Crippen LogP contribution is 2.33. The molecule has 3 aromatic heterocycles. The van der Waals surface area contributed by atoms with E-state index in [0.29, 0.717) is 16.8 Å². The summed E-state index contributed by atoms with van der Waals surface area (Å²) >= 11 is 0. The van der Waals surface area contributed by atoms with Crippen LogP contribution in [0.1, 0.15) is 6.23 Å². The average molecular weight is 293 g/mol. The minimum Gasteiger partial charge on any atom is -0.394 e. The Morgan fingerprint density at radius 3 is 2.86 bits per heavy atom. The molecule has 4 rings (SSSR count). The number of aliphatic hydroxyl groups is 2. The summed E-state index contributed by atoms with van der Waals surface area (Å²) < 4.78 is 22.3. The van der Waals surface area contributed by atoms with Crippen LogP contribution >= 0.6 is 0 Å². The summed E-state index contributed by atoms with van der Waals surface area (Å²) in [5.41, 5.74) is 1.58. The van der Waals surface area contributed by atoms with Crippen molar-refractivity contribution in [1.82, 2.24) is 23.9 Å². The van der Waals surface area contributed by atoms with Crippen molar-refractivity contribution < 1.29 is 19.3 Å². The molecule has 4 heterocycles. The van der Waals surface area contributed by atoms with Crippen LogP contribution in [0, 0.1) is 0 Å². The first-order valence-corrected chi connectivity index (χ1v) is 6.43. The molecule has 4 atom stereocenters. The average Bonchev–Trinajstić information content (AvgIpc) is 3.17. The van der Waals surface area contributed by atoms with Crippen molar-refractivity contribution in [2.24, 2.45) is 0 Å². The van der Waals surface area contributed by atoms with Crippen molar-refractivity contribution >= 4 is 16.8 Å². The third-order valence-corrected chi connectivity index (χ3v) is 3.69. The van der Waals surface area contributed by atoms with Gasteiger partial charge in [0.2, 0.25) is 0 Å².